The molecule has 5 heteroatoms. The summed E-state index contributed by atoms with van der Waals surface area (Å²) in [5.74, 6) is -0.708. The van der Waals surface area contributed by atoms with E-state index in [-0.39, 0.29) is 11.7 Å². The first-order valence-corrected chi connectivity index (χ1v) is 7.47. The first-order valence-electron chi connectivity index (χ1n) is 7.47. The fourth-order valence-corrected chi connectivity index (χ4v) is 2.22. The van der Waals surface area contributed by atoms with Crippen molar-refractivity contribution in [3.63, 3.8) is 0 Å². The minimum Gasteiger partial charge on any atom is -0.322 e. The lowest BCUT2D eigenvalue weighted by Gasteiger charge is -2.05. The van der Waals surface area contributed by atoms with Gasteiger partial charge in [0.05, 0.1) is 11.9 Å². The highest BCUT2D eigenvalue weighted by atomic mass is 19.1. The minimum atomic E-state index is -0.385. The van der Waals surface area contributed by atoms with Gasteiger partial charge in [-0.05, 0) is 42.8 Å². The summed E-state index contributed by atoms with van der Waals surface area (Å²) < 4.78 is 15.0. The Morgan fingerprint density at radius 2 is 2.00 bits per heavy atom. The molecule has 3 aromatic rings. The Labute approximate surface area is 139 Å². The number of hydrogen-bond acceptors (Lipinski definition) is 2. The van der Waals surface area contributed by atoms with Crippen LogP contribution in [0.25, 0.3) is 11.8 Å². The molecule has 0 fully saturated rings. The van der Waals surface area contributed by atoms with E-state index in [0.29, 0.717) is 5.69 Å². The summed E-state index contributed by atoms with van der Waals surface area (Å²) >= 11 is 0. The molecule has 4 nitrogen and oxygen atoms in total. The van der Waals surface area contributed by atoms with Crippen molar-refractivity contribution in [2.75, 3.05) is 5.32 Å². The van der Waals surface area contributed by atoms with Crippen LogP contribution >= 0.6 is 0 Å². The Morgan fingerprint density at radius 3 is 2.79 bits per heavy atom. The zero-order valence-electron chi connectivity index (χ0n) is 13.1. The van der Waals surface area contributed by atoms with Crippen molar-refractivity contribution >= 4 is 17.7 Å². The Balaban J connectivity index is 1.69. The van der Waals surface area contributed by atoms with Gasteiger partial charge in [-0.15, -0.1) is 0 Å². The fourth-order valence-electron chi connectivity index (χ4n) is 2.22. The van der Waals surface area contributed by atoms with E-state index in [1.807, 2.05) is 43.5 Å². The van der Waals surface area contributed by atoms with Crippen LogP contribution in [0, 0.1) is 12.7 Å². The molecule has 0 saturated heterocycles. The summed E-state index contributed by atoms with van der Waals surface area (Å²) in [7, 11) is 0. The molecule has 1 heterocycles. The highest BCUT2D eigenvalue weighted by Gasteiger charge is 2.04. The van der Waals surface area contributed by atoms with E-state index in [9.17, 15) is 9.18 Å². The zero-order valence-corrected chi connectivity index (χ0v) is 13.1. The molecule has 0 saturated carbocycles. The topological polar surface area (TPSA) is 46.9 Å². The third kappa shape index (κ3) is 3.76. The third-order valence-corrected chi connectivity index (χ3v) is 3.51. The average Bonchev–Trinajstić information content (AvgIpc) is 3.06. The van der Waals surface area contributed by atoms with Crippen molar-refractivity contribution in [2.24, 2.45) is 0 Å². The Kier molecular flexibility index (Phi) is 4.52. The van der Waals surface area contributed by atoms with E-state index in [2.05, 4.69) is 10.4 Å². The normalized spacial score (nSPS) is 10.9. The summed E-state index contributed by atoms with van der Waals surface area (Å²) in [5.41, 5.74) is 3.00. The number of rotatable bonds is 4. The smallest absolute Gasteiger partial charge is 0.248 e. The van der Waals surface area contributed by atoms with Crippen LogP contribution in [0.1, 0.15) is 11.1 Å². The molecule has 0 radical (unpaired) electrons. The largest absolute Gasteiger partial charge is 0.322 e. The van der Waals surface area contributed by atoms with Gasteiger partial charge in [0.1, 0.15) is 5.82 Å². The molecule has 3 rings (SSSR count). The SMILES string of the molecule is Cc1ccc(F)cc1NC(=O)/C=C/c1cnn(-c2ccccc2)c1. The number of halogens is 1. The number of hydrogen-bond donors (Lipinski definition) is 1. The maximum absolute atomic E-state index is 13.2. The summed E-state index contributed by atoms with van der Waals surface area (Å²) in [5, 5.41) is 6.93. The van der Waals surface area contributed by atoms with E-state index in [1.165, 1.54) is 18.2 Å². The van der Waals surface area contributed by atoms with Gasteiger partial charge in [-0.1, -0.05) is 24.3 Å². The van der Waals surface area contributed by atoms with Crippen LogP contribution in [0.4, 0.5) is 10.1 Å². The predicted octanol–water partition coefficient (Wildman–Crippen LogP) is 3.97. The zero-order chi connectivity index (χ0) is 16.9. The number of nitrogens with zero attached hydrogens (tertiary/aromatic N) is 2. The fraction of sp³-hybridized carbons (Fsp3) is 0.0526. The van der Waals surface area contributed by atoms with Crippen molar-refractivity contribution in [3.05, 3.63) is 83.9 Å². The van der Waals surface area contributed by atoms with Gasteiger partial charge in [0.15, 0.2) is 0 Å². The number of benzene rings is 2. The number of amides is 1. The van der Waals surface area contributed by atoms with E-state index >= 15 is 0 Å². The monoisotopic (exact) mass is 321 g/mol. The van der Waals surface area contributed by atoms with Crippen LogP contribution in [0.2, 0.25) is 0 Å². The van der Waals surface area contributed by atoms with Crippen molar-refractivity contribution in [2.45, 2.75) is 6.92 Å². The second-order valence-electron chi connectivity index (χ2n) is 5.34. The standard InChI is InChI=1S/C19H16FN3O/c1-14-7-9-16(20)11-18(14)22-19(24)10-8-15-12-21-23(13-15)17-5-3-2-4-6-17/h2-13H,1H3,(H,22,24)/b10-8+. The van der Waals surface area contributed by atoms with Gasteiger partial charge < -0.3 is 5.32 Å². The number of para-hydroxylation sites is 1. The molecular formula is C19H16FN3O. The number of aryl methyl sites for hydroxylation is 1. The van der Waals surface area contributed by atoms with Crippen LogP contribution in [0.15, 0.2) is 67.0 Å². The van der Waals surface area contributed by atoms with Gasteiger partial charge >= 0.3 is 0 Å². The molecule has 1 amide bonds. The van der Waals surface area contributed by atoms with Crippen LogP contribution in [0.5, 0.6) is 0 Å². The first kappa shape index (κ1) is 15.7. The lowest BCUT2D eigenvalue weighted by Crippen LogP contribution is -2.09. The quantitative estimate of drug-likeness (QED) is 0.739. The summed E-state index contributed by atoms with van der Waals surface area (Å²) in [6, 6.07) is 14.0. The van der Waals surface area contributed by atoms with Crippen LogP contribution < -0.4 is 5.32 Å². The molecule has 0 spiro atoms. The summed E-state index contributed by atoms with van der Waals surface area (Å²) in [4.78, 5) is 12.0. The summed E-state index contributed by atoms with van der Waals surface area (Å²) in [6.45, 7) is 1.81. The van der Waals surface area contributed by atoms with Crippen LogP contribution in [0.3, 0.4) is 0 Å². The maximum Gasteiger partial charge on any atom is 0.248 e. The van der Waals surface area contributed by atoms with Gasteiger partial charge in [0, 0.05) is 23.5 Å². The first-order chi connectivity index (χ1) is 11.6. The van der Waals surface area contributed by atoms with Crippen LogP contribution in [-0.2, 0) is 4.79 Å². The second kappa shape index (κ2) is 6.91. The lowest BCUT2D eigenvalue weighted by molar-refractivity contribution is -0.111. The number of anilines is 1. The molecule has 2 aromatic carbocycles. The molecule has 1 N–H and O–H groups in total. The van der Waals surface area contributed by atoms with Gasteiger partial charge in [-0.25, -0.2) is 9.07 Å². The van der Waals surface area contributed by atoms with E-state index in [4.69, 9.17) is 0 Å². The van der Waals surface area contributed by atoms with Crippen molar-refractivity contribution < 1.29 is 9.18 Å². The number of carbonyl (C=O) groups excluding carboxylic acids is 1. The Morgan fingerprint density at radius 1 is 1.21 bits per heavy atom. The minimum absolute atomic E-state index is 0.323. The van der Waals surface area contributed by atoms with Gasteiger partial charge in [-0.3, -0.25) is 4.79 Å². The molecule has 0 aliphatic heterocycles. The average molecular weight is 321 g/mol. The predicted molar refractivity (Wildman–Crippen MR) is 92.4 cm³/mol. The van der Waals surface area contributed by atoms with Crippen LogP contribution in [-0.4, -0.2) is 15.7 Å². The highest BCUT2D eigenvalue weighted by Crippen LogP contribution is 2.16. The number of carbonyl (C=O) groups is 1. The molecule has 0 unspecified atom stereocenters. The lowest BCUT2D eigenvalue weighted by atomic mass is 10.2. The second-order valence-corrected chi connectivity index (χ2v) is 5.34. The number of aromatic nitrogens is 2. The van der Waals surface area contributed by atoms with E-state index in [1.54, 1.807) is 23.0 Å². The molecule has 0 aliphatic carbocycles. The molecule has 120 valence electrons. The molecule has 0 aliphatic rings. The highest BCUT2D eigenvalue weighted by molar-refractivity contribution is 6.02. The summed E-state index contributed by atoms with van der Waals surface area (Å²) in [6.07, 6.45) is 6.56. The van der Waals surface area contributed by atoms with Gasteiger partial charge in [0.25, 0.3) is 0 Å². The molecule has 0 atom stereocenters. The molecule has 0 bridgehead atoms. The van der Waals surface area contributed by atoms with E-state index < -0.39 is 0 Å². The Bertz CT molecular complexity index is 885. The van der Waals surface area contributed by atoms with Gasteiger partial charge in [0.2, 0.25) is 5.91 Å². The third-order valence-electron chi connectivity index (χ3n) is 3.51. The van der Waals surface area contributed by atoms with E-state index in [0.717, 1.165) is 16.8 Å². The van der Waals surface area contributed by atoms with Gasteiger partial charge in [-0.2, -0.15) is 5.10 Å². The van der Waals surface area contributed by atoms with Crippen molar-refractivity contribution in [1.82, 2.24) is 9.78 Å². The van der Waals surface area contributed by atoms with Crippen molar-refractivity contribution in [3.8, 4) is 5.69 Å². The Hall–Kier alpha value is -3.21. The van der Waals surface area contributed by atoms with Crippen molar-refractivity contribution in [1.29, 1.82) is 0 Å². The molecule has 1 aromatic heterocycles. The molecular weight excluding hydrogens is 305 g/mol. The maximum atomic E-state index is 13.2. The number of nitrogens with one attached hydrogen (secondary N) is 1. The molecule has 24 heavy (non-hydrogen) atoms.